The van der Waals surface area contributed by atoms with Gasteiger partial charge >= 0.3 is 0 Å². The molecule has 1 fully saturated rings. The second kappa shape index (κ2) is 8.50. The molecule has 1 aliphatic heterocycles. The number of benzene rings is 1. The quantitative estimate of drug-likeness (QED) is 0.592. The Balaban J connectivity index is 1.55. The van der Waals surface area contributed by atoms with E-state index in [2.05, 4.69) is 10.4 Å². The summed E-state index contributed by atoms with van der Waals surface area (Å²) in [6.45, 7) is 1.86. The van der Waals surface area contributed by atoms with Gasteiger partial charge in [0.05, 0.1) is 12.8 Å². The van der Waals surface area contributed by atoms with Gasteiger partial charge in [-0.15, -0.1) is 0 Å². The molecule has 2 amide bonds. The molecule has 2 aromatic heterocycles. The van der Waals surface area contributed by atoms with Gasteiger partial charge in [0.25, 0.3) is 5.91 Å². The number of rotatable bonds is 4. The first-order chi connectivity index (χ1) is 16.0. The van der Waals surface area contributed by atoms with Crippen LogP contribution in [-0.4, -0.2) is 33.2 Å². The van der Waals surface area contributed by atoms with Crippen LogP contribution in [0.25, 0.3) is 11.5 Å². The second-order valence-electron chi connectivity index (χ2n) is 9.11. The van der Waals surface area contributed by atoms with Gasteiger partial charge in [0, 0.05) is 17.8 Å². The molecule has 3 aromatic rings. The maximum Gasteiger partial charge on any atom is 0.277 e. The van der Waals surface area contributed by atoms with Gasteiger partial charge in [-0.3, -0.25) is 19.2 Å². The summed E-state index contributed by atoms with van der Waals surface area (Å²) in [5.74, 6) is -0.600. The smallest absolute Gasteiger partial charge is 0.277 e. The monoisotopic (exact) mass is 450 g/mol. The van der Waals surface area contributed by atoms with Gasteiger partial charge in [0.2, 0.25) is 5.91 Å². The number of aromatic nitrogens is 2. The predicted molar refractivity (Wildman–Crippen MR) is 121 cm³/mol. The Morgan fingerprint density at radius 2 is 1.94 bits per heavy atom. The first-order valence-corrected chi connectivity index (χ1v) is 11.5. The molecule has 0 bridgehead atoms. The molecule has 0 unspecified atom stereocenters. The molecule has 1 atom stereocenters. The van der Waals surface area contributed by atoms with E-state index in [0.717, 1.165) is 25.7 Å². The summed E-state index contributed by atoms with van der Waals surface area (Å²) in [5, 5.41) is 7.73. The number of furan rings is 1. The van der Waals surface area contributed by atoms with Crippen molar-refractivity contribution in [3.8, 4) is 11.5 Å². The van der Waals surface area contributed by atoms with Gasteiger partial charge < -0.3 is 9.73 Å². The van der Waals surface area contributed by atoms with Crippen LogP contribution in [0.3, 0.4) is 0 Å². The molecule has 172 valence electrons. The van der Waals surface area contributed by atoms with Crippen LogP contribution in [0, 0.1) is 5.82 Å². The Bertz CT molecular complexity index is 1160. The van der Waals surface area contributed by atoms with Gasteiger partial charge in [-0.05, 0) is 50.1 Å². The Morgan fingerprint density at radius 1 is 1.15 bits per heavy atom. The molecule has 7 nitrogen and oxygen atoms in total. The van der Waals surface area contributed by atoms with E-state index in [1.54, 1.807) is 48.2 Å². The number of amides is 2. The van der Waals surface area contributed by atoms with Gasteiger partial charge in [-0.25, -0.2) is 4.39 Å². The number of carbonyl (C=O) groups is 2. The van der Waals surface area contributed by atoms with Crippen molar-refractivity contribution < 1.29 is 18.4 Å². The number of nitrogens with zero attached hydrogens (tertiary/aromatic N) is 3. The highest BCUT2D eigenvalue weighted by atomic mass is 19.1. The zero-order valence-electron chi connectivity index (χ0n) is 18.6. The van der Waals surface area contributed by atoms with Crippen LogP contribution < -0.4 is 10.2 Å². The molecule has 5 rings (SSSR count). The summed E-state index contributed by atoms with van der Waals surface area (Å²) in [6.07, 6.45) is 7.87. The lowest BCUT2D eigenvalue weighted by molar-refractivity contribution is -0.127. The lowest BCUT2D eigenvalue weighted by atomic mass is 9.93. The van der Waals surface area contributed by atoms with Crippen LogP contribution >= 0.6 is 0 Å². The molecule has 0 spiro atoms. The molecule has 0 radical (unpaired) electrons. The molecular weight excluding hydrogens is 423 g/mol. The lowest BCUT2D eigenvalue weighted by Crippen LogP contribution is -2.65. The number of anilines is 1. The predicted octanol–water partition coefficient (Wildman–Crippen LogP) is 4.54. The number of hydrogen-bond donors (Lipinski definition) is 1. The minimum Gasteiger partial charge on any atom is -0.463 e. The van der Waals surface area contributed by atoms with Gasteiger partial charge in [0.15, 0.2) is 5.76 Å². The third-order valence-electron chi connectivity index (χ3n) is 6.67. The minimum atomic E-state index is -1.28. The van der Waals surface area contributed by atoms with E-state index >= 15 is 0 Å². The standard InChI is InChI=1S/C25H27FN4O3/c1-25(24(32)27-18-9-4-2-3-5-10-18)16-29-21(15-20(28-29)22-12-7-13-33-22)23(31)30(25)19-11-6-8-17(26)14-19/h6-8,11-15,18H,2-5,9-10,16H2,1H3,(H,27,32)/t25-/m1/s1. The summed E-state index contributed by atoms with van der Waals surface area (Å²) < 4.78 is 21.1. The fraction of sp³-hybridized carbons (Fsp3) is 0.400. The number of nitrogens with one attached hydrogen (secondary N) is 1. The second-order valence-corrected chi connectivity index (χ2v) is 9.11. The highest BCUT2D eigenvalue weighted by Gasteiger charge is 2.49. The molecule has 3 heterocycles. The maximum absolute atomic E-state index is 14.1. The van der Waals surface area contributed by atoms with Gasteiger partial charge in [-0.1, -0.05) is 31.7 Å². The summed E-state index contributed by atoms with van der Waals surface area (Å²) in [4.78, 5) is 28.8. The first-order valence-electron chi connectivity index (χ1n) is 11.5. The zero-order valence-corrected chi connectivity index (χ0v) is 18.6. The minimum absolute atomic E-state index is 0.0685. The van der Waals surface area contributed by atoms with E-state index in [-0.39, 0.29) is 18.5 Å². The van der Waals surface area contributed by atoms with Crippen LogP contribution in [0.5, 0.6) is 0 Å². The molecule has 1 aromatic carbocycles. The Kier molecular flexibility index (Phi) is 5.52. The van der Waals surface area contributed by atoms with E-state index in [0.29, 0.717) is 22.8 Å². The van der Waals surface area contributed by atoms with Crippen molar-refractivity contribution in [2.75, 3.05) is 4.90 Å². The Morgan fingerprint density at radius 3 is 2.64 bits per heavy atom. The van der Waals surface area contributed by atoms with Gasteiger partial charge in [0.1, 0.15) is 22.7 Å². The SMILES string of the molecule is C[C@]1(C(=O)NC2CCCCCC2)Cn2nc(-c3ccco3)cc2C(=O)N1c1cccc(F)c1. The average Bonchev–Trinajstić information content (AvgIpc) is 3.39. The van der Waals surface area contributed by atoms with Crippen molar-refractivity contribution in [2.24, 2.45) is 0 Å². The van der Waals surface area contributed by atoms with E-state index < -0.39 is 17.3 Å². The van der Waals surface area contributed by atoms with Crippen molar-refractivity contribution in [2.45, 2.75) is 63.6 Å². The zero-order chi connectivity index (χ0) is 23.0. The van der Waals surface area contributed by atoms with Crippen LogP contribution in [-0.2, 0) is 11.3 Å². The number of carbonyl (C=O) groups excluding carboxylic acids is 2. The molecule has 1 aliphatic carbocycles. The maximum atomic E-state index is 14.1. The third-order valence-corrected chi connectivity index (χ3v) is 6.67. The highest BCUT2D eigenvalue weighted by molar-refractivity contribution is 6.12. The van der Waals surface area contributed by atoms with Crippen molar-refractivity contribution in [3.05, 3.63) is 60.2 Å². The lowest BCUT2D eigenvalue weighted by Gasteiger charge is -2.43. The van der Waals surface area contributed by atoms with Crippen LogP contribution in [0.15, 0.2) is 53.1 Å². The van der Waals surface area contributed by atoms with E-state index in [1.807, 2.05) is 0 Å². The summed E-state index contributed by atoms with van der Waals surface area (Å²) in [7, 11) is 0. The largest absolute Gasteiger partial charge is 0.463 e. The Hall–Kier alpha value is -3.42. The van der Waals surface area contributed by atoms with E-state index in [1.165, 1.54) is 29.9 Å². The number of fused-ring (bicyclic) bond motifs is 1. The molecule has 1 saturated carbocycles. The molecule has 1 N–H and O–H groups in total. The Labute approximate surface area is 191 Å². The van der Waals surface area contributed by atoms with Crippen molar-refractivity contribution in [1.29, 1.82) is 0 Å². The normalized spacial score (nSPS) is 21.5. The van der Waals surface area contributed by atoms with Crippen molar-refractivity contribution in [1.82, 2.24) is 15.1 Å². The van der Waals surface area contributed by atoms with Crippen molar-refractivity contribution in [3.63, 3.8) is 0 Å². The molecule has 2 aliphatic rings. The van der Waals surface area contributed by atoms with Crippen LogP contribution in [0.2, 0.25) is 0 Å². The van der Waals surface area contributed by atoms with E-state index in [4.69, 9.17) is 4.42 Å². The fourth-order valence-corrected chi connectivity index (χ4v) is 4.91. The first kappa shape index (κ1) is 21.4. The van der Waals surface area contributed by atoms with Crippen LogP contribution in [0.1, 0.15) is 55.9 Å². The van der Waals surface area contributed by atoms with Gasteiger partial charge in [-0.2, -0.15) is 5.10 Å². The number of hydrogen-bond acceptors (Lipinski definition) is 4. The third kappa shape index (κ3) is 3.94. The molecule has 8 heteroatoms. The summed E-state index contributed by atoms with van der Waals surface area (Å²) >= 11 is 0. The summed E-state index contributed by atoms with van der Waals surface area (Å²) in [6, 6.07) is 11.0. The highest BCUT2D eigenvalue weighted by Crippen LogP contribution is 2.35. The topological polar surface area (TPSA) is 80.4 Å². The average molecular weight is 451 g/mol. The molecule has 33 heavy (non-hydrogen) atoms. The van der Waals surface area contributed by atoms with E-state index in [9.17, 15) is 14.0 Å². The van der Waals surface area contributed by atoms with Crippen molar-refractivity contribution >= 4 is 17.5 Å². The summed E-state index contributed by atoms with van der Waals surface area (Å²) in [5.41, 5.74) is -0.108. The fourth-order valence-electron chi connectivity index (χ4n) is 4.91. The van der Waals surface area contributed by atoms with Crippen LogP contribution in [0.4, 0.5) is 10.1 Å². The molecule has 0 saturated heterocycles. The molecular formula is C25H27FN4O3. The number of halogens is 1.